The molecule has 2 aromatic rings. The number of nitrogens with one attached hydrogen (secondary N) is 1. The van der Waals surface area contributed by atoms with E-state index in [9.17, 15) is 14.4 Å². The van der Waals surface area contributed by atoms with Crippen LogP contribution in [0.5, 0.6) is 0 Å². The molecule has 2 aromatic carbocycles. The normalized spacial score (nSPS) is 10.1. The van der Waals surface area contributed by atoms with Crippen LogP contribution in [0.15, 0.2) is 54.6 Å². The highest BCUT2D eigenvalue weighted by molar-refractivity contribution is 8.00. The van der Waals surface area contributed by atoms with Crippen molar-refractivity contribution in [3.05, 3.63) is 60.2 Å². The third-order valence-corrected chi connectivity index (χ3v) is 4.57. The molecule has 142 valence electrons. The monoisotopic (exact) mass is 386 g/mol. The van der Waals surface area contributed by atoms with E-state index in [1.807, 2.05) is 49.4 Å². The molecule has 0 atom stereocenters. The molecule has 0 heterocycles. The lowest BCUT2D eigenvalue weighted by molar-refractivity contribution is -0.145. The summed E-state index contributed by atoms with van der Waals surface area (Å²) in [6.07, 6.45) is 0. The van der Waals surface area contributed by atoms with Crippen molar-refractivity contribution in [1.82, 2.24) is 0 Å². The van der Waals surface area contributed by atoms with Gasteiger partial charge >= 0.3 is 5.97 Å². The number of hydrogen-bond donors (Lipinski definition) is 1. The average molecular weight is 386 g/mol. The molecule has 0 radical (unpaired) electrons. The van der Waals surface area contributed by atoms with Crippen molar-refractivity contribution >= 4 is 40.9 Å². The number of esters is 1. The topological polar surface area (TPSA) is 75.7 Å². The standard InChI is InChI=1S/C20H22N2O4S/c1-15-8-10-16(11-9-15)21-18(23)13-27-14-20(25)26-12-19(24)22(2)17-6-4-3-5-7-17/h3-11H,12-14H2,1-2H3,(H,21,23). The lowest BCUT2D eigenvalue weighted by Crippen LogP contribution is -2.31. The van der Waals surface area contributed by atoms with Gasteiger partial charge in [0, 0.05) is 18.4 Å². The smallest absolute Gasteiger partial charge is 0.316 e. The number of ether oxygens (including phenoxy) is 1. The van der Waals surface area contributed by atoms with Crippen LogP contribution in [0.25, 0.3) is 0 Å². The fourth-order valence-electron chi connectivity index (χ4n) is 2.14. The highest BCUT2D eigenvalue weighted by Crippen LogP contribution is 2.12. The van der Waals surface area contributed by atoms with Gasteiger partial charge in [-0.3, -0.25) is 14.4 Å². The van der Waals surface area contributed by atoms with E-state index < -0.39 is 5.97 Å². The molecule has 0 fully saturated rings. The van der Waals surface area contributed by atoms with Crippen LogP contribution in [0, 0.1) is 6.92 Å². The van der Waals surface area contributed by atoms with Crippen LogP contribution in [0.4, 0.5) is 11.4 Å². The second-order valence-corrected chi connectivity index (χ2v) is 6.84. The van der Waals surface area contributed by atoms with Crippen molar-refractivity contribution in [2.75, 3.05) is 35.4 Å². The Bertz CT molecular complexity index is 778. The minimum absolute atomic E-state index is 0.00362. The van der Waals surface area contributed by atoms with Crippen molar-refractivity contribution < 1.29 is 19.1 Å². The summed E-state index contributed by atoms with van der Waals surface area (Å²) in [5.74, 6) is -0.920. The van der Waals surface area contributed by atoms with Gasteiger partial charge in [0.15, 0.2) is 6.61 Å². The fourth-order valence-corrected chi connectivity index (χ4v) is 2.75. The molecule has 0 saturated carbocycles. The molecular formula is C20H22N2O4S. The van der Waals surface area contributed by atoms with Gasteiger partial charge in [0.2, 0.25) is 5.91 Å². The first kappa shape index (κ1) is 20.5. The first-order valence-electron chi connectivity index (χ1n) is 8.37. The molecular weight excluding hydrogens is 364 g/mol. The van der Waals surface area contributed by atoms with Gasteiger partial charge in [0.05, 0.1) is 11.5 Å². The van der Waals surface area contributed by atoms with Gasteiger partial charge in [-0.25, -0.2) is 0 Å². The maximum Gasteiger partial charge on any atom is 0.316 e. The molecule has 0 saturated heterocycles. The molecule has 0 bridgehead atoms. The number of aryl methyl sites for hydroxylation is 1. The minimum Gasteiger partial charge on any atom is -0.455 e. The Kier molecular flexibility index (Phi) is 7.88. The molecule has 0 spiro atoms. The van der Waals surface area contributed by atoms with Crippen LogP contribution >= 0.6 is 11.8 Å². The molecule has 6 nitrogen and oxygen atoms in total. The Morgan fingerprint density at radius 2 is 1.67 bits per heavy atom. The van der Waals surface area contributed by atoms with Crippen molar-refractivity contribution in [3.63, 3.8) is 0 Å². The number of para-hydroxylation sites is 1. The summed E-state index contributed by atoms with van der Waals surface area (Å²) in [6, 6.07) is 16.5. The highest BCUT2D eigenvalue weighted by Gasteiger charge is 2.14. The summed E-state index contributed by atoms with van der Waals surface area (Å²) in [5.41, 5.74) is 2.54. The van der Waals surface area contributed by atoms with Crippen molar-refractivity contribution in [2.24, 2.45) is 0 Å². The predicted molar refractivity (Wildman–Crippen MR) is 108 cm³/mol. The Labute approximate surface area is 162 Å². The van der Waals surface area contributed by atoms with E-state index in [0.29, 0.717) is 5.69 Å². The lowest BCUT2D eigenvalue weighted by atomic mass is 10.2. The van der Waals surface area contributed by atoms with Gasteiger partial charge in [0.1, 0.15) is 0 Å². The number of nitrogens with zero attached hydrogens (tertiary/aromatic N) is 1. The molecule has 7 heteroatoms. The number of likely N-dealkylation sites (N-methyl/N-ethyl adjacent to an activating group) is 1. The fraction of sp³-hybridized carbons (Fsp3) is 0.250. The Morgan fingerprint density at radius 1 is 1.00 bits per heavy atom. The highest BCUT2D eigenvalue weighted by atomic mass is 32.2. The summed E-state index contributed by atoms with van der Waals surface area (Å²) in [7, 11) is 1.62. The number of carbonyl (C=O) groups excluding carboxylic acids is 3. The number of anilines is 2. The predicted octanol–water partition coefficient (Wildman–Crippen LogP) is 2.87. The Balaban J connectivity index is 1.65. The van der Waals surface area contributed by atoms with Gasteiger partial charge in [0.25, 0.3) is 5.91 Å². The van der Waals surface area contributed by atoms with Crippen LogP contribution in [0.3, 0.4) is 0 Å². The molecule has 1 N–H and O–H groups in total. The summed E-state index contributed by atoms with van der Waals surface area (Å²) in [5, 5.41) is 2.75. The zero-order valence-corrected chi connectivity index (χ0v) is 16.1. The largest absolute Gasteiger partial charge is 0.455 e. The summed E-state index contributed by atoms with van der Waals surface area (Å²) in [6.45, 7) is 1.63. The molecule has 0 unspecified atom stereocenters. The summed E-state index contributed by atoms with van der Waals surface area (Å²) >= 11 is 1.14. The van der Waals surface area contributed by atoms with Gasteiger partial charge in [-0.05, 0) is 31.2 Å². The summed E-state index contributed by atoms with van der Waals surface area (Å²) < 4.78 is 4.98. The van der Waals surface area contributed by atoms with Gasteiger partial charge in [-0.2, -0.15) is 0 Å². The van der Waals surface area contributed by atoms with Crippen LogP contribution in [0.1, 0.15) is 5.56 Å². The van der Waals surface area contributed by atoms with Gasteiger partial charge in [-0.15, -0.1) is 11.8 Å². The molecule has 2 amide bonds. The van der Waals surface area contributed by atoms with E-state index in [1.165, 1.54) is 4.90 Å². The van der Waals surface area contributed by atoms with E-state index >= 15 is 0 Å². The van der Waals surface area contributed by atoms with Gasteiger partial charge < -0.3 is 15.0 Å². The van der Waals surface area contributed by atoms with Crippen LogP contribution in [0.2, 0.25) is 0 Å². The Hall–Kier alpha value is -2.80. The van der Waals surface area contributed by atoms with E-state index in [1.54, 1.807) is 19.2 Å². The van der Waals surface area contributed by atoms with E-state index in [0.717, 1.165) is 23.0 Å². The van der Waals surface area contributed by atoms with E-state index in [2.05, 4.69) is 5.32 Å². The molecule has 0 aliphatic rings. The number of carbonyl (C=O) groups is 3. The average Bonchev–Trinajstić information content (AvgIpc) is 2.68. The number of rotatable bonds is 8. The number of benzene rings is 2. The molecule has 0 aliphatic carbocycles. The molecule has 2 rings (SSSR count). The summed E-state index contributed by atoms with van der Waals surface area (Å²) in [4.78, 5) is 37.0. The third-order valence-electron chi connectivity index (χ3n) is 3.66. The first-order chi connectivity index (χ1) is 13.0. The van der Waals surface area contributed by atoms with Gasteiger partial charge in [-0.1, -0.05) is 35.9 Å². The van der Waals surface area contributed by atoms with Crippen molar-refractivity contribution in [3.8, 4) is 0 Å². The second-order valence-electron chi connectivity index (χ2n) is 5.86. The van der Waals surface area contributed by atoms with Crippen LogP contribution < -0.4 is 10.2 Å². The van der Waals surface area contributed by atoms with Crippen molar-refractivity contribution in [2.45, 2.75) is 6.92 Å². The number of hydrogen-bond acceptors (Lipinski definition) is 5. The first-order valence-corrected chi connectivity index (χ1v) is 9.52. The quantitative estimate of drug-likeness (QED) is 0.706. The number of thioether (sulfide) groups is 1. The maximum absolute atomic E-state index is 12.0. The van der Waals surface area contributed by atoms with Crippen molar-refractivity contribution in [1.29, 1.82) is 0 Å². The third kappa shape index (κ3) is 7.15. The zero-order valence-electron chi connectivity index (χ0n) is 15.3. The molecule has 27 heavy (non-hydrogen) atoms. The Morgan fingerprint density at radius 3 is 2.33 bits per heavy atom. The molecule has 0 aromatic heterocycles. The maximum atomic E-state index is 12.0. The van der Waals surface area contributed by atoms with E-state index in [-0.39, 0.29) is 29.9 Å². The van der Waals surface area contributed by atoms with Crippen LogP contribution in [-0.2, 0) is 19.1 Å². The lowest BCUT2D eigenvalue weighted by Gasteiger charge is -2.17. The zero-order chi connectivity index (χ0) is 19.6. The van der Waals surface area contributed by atoms with Crippen LogP contribution in [-0.4, -0.2) is 42.9 Å². The van der Waals surface area contributed by atoms with E-state index in [4.69, 9.17) is 4.74 Å². The SMILES string of the molecule is Cc1ccc(NC(=O)CSCC(=O)OCC(=O)N(C)c2ccccc2)cc1. The number of amides is 2. The second kappa shape index (κ2) is 10.4. The minimum atomic E-state index is -0.530. The molecule has 0 aliphatic heterocycles.